The van der Waals surface area contributed by atoms with Crippen LogP contribution < -0.4 is 5.32 Å². The maximum Gasteiger partial charge on any atom is 0.198 e. The van der Waals surface area contributed by atoms with Crippen molar-refractivity contribution in [3.63, 3.8) is 0 Å². The van der Waals surface area contributed by atoms with Crippen LogP contribution in [0, 0.1) is 6.92 Å². The van der Waals surface area contributed by atoms with Gasteiger partial charge in [0.15, 0.2) is 11.5 Å². The average Bonchev–Trinajstić information content (AvgIpc) is 2.83. The molecule has 0 amide bonds. The second-order valence-corrected chi connectivity index (χ2v) is 5.64. The van der Waals surface area contributed by atoms with Crippen LogP contribution >= 0.6 is 0 Å². The Kier molecular flexibility index (Phi) is 4.78. The smallest absolute Gasteiger partial charge is 0.198 e. The van der Waals surface area contributed by atoms with Crippen LogP contribution in [0.5, 0.6) is 0 Å². The number of nitrogens with zero attached hydrogens (tertiary/aromatic N) is 1. The lowest BCUT2D eigenvalue weighted by Crippen LogP contribution is -2.25. The summed E-state index contributed by atoms with van der Waals surface area (Å²) in [6.07, 6.45) is 0.222. The van der Waals surface area contributed by atoms with E-state index in [1.807, 2.05) is 6.92 Å². The highest BCUT2D eigenvalue weighted by atomic mass is 16.5. The van der Waals surface area contributed by atoms with Gasteiger partial charge in [-0.3, -0.25) is 0 Å². The van der Waals surface area contributed by atoms with Crippen LogP contribution in [-0.4, -0.2) is 24.7 Å². The number of fused-ring (bicyclic) bond motifs is 1. The second kappa shape index (κ2) is 6.37. The summed E-state index contributed by atoms with van der Waals surface area (Å²) in [5, 5.41) is 3.39. The van der Waals surface area contributed by atoms with Gasteiger partial charge in [0.05, 0.1) is 6.10 Å². The van der Waals surface area contributed by atoms with E-state index in [0.29, 0.717) is 5.92 Å². The van der Waals surface area contributed by atoms with Crippen LogP contribution in [0.1, 0.15) is 43.7 Å². The van der Waals surface area contributed by atoms with Gasteiger partial charge in [0.25, 0.3) is 0 Å². The summed E-state index contributed by atoms with van der Waals surface area (Å²) in [5.41, 5.74) is 4.22. The Hall–Kier alpha value is -1.39. The SMILES string of the molecule is CO[C@H](C)CNCc1cc(C)c2oc(C(C)C)nc2c1. The van der Waals surface area contributed by atoms with Crippen LogP contribution in [0.3, 0.4) is 0 Å². The minimum Gasteiger partial charge on any atom is -0.440 e. The Morgan fingerprint density at radius 2 is 2.05 bits per heavy atom. The molecule has 0 saturated carbocycles. The van der Waals surface area contributed by atoms with Crippen molar-refractivity contribution in [2.45, 2.75) is 46.3 Å². The van der Waals surface area contributed by atoms with Crippen LogP contribution in [0.4, 0.5) is 0 Å². The zero-order chi connectivity index (χ0) is 14.7. The van der Waals surface area contributed by atoms with Gasteiger partial charge in [-0.15, -0.1) is 0 Å². The number of hydrogen-bond acceptors (Lipinski definition) is 4. The standard InChI is InChI=1S/C16H24N2O2/c1-10(2)16-18-14-7-13(6-11(3)15(14)20-16)9-17-8-12(4)19-5/h6-7,10,12,17H,8-9H2,1-5H3/t12-/m1/s1. The molecule has 1 heterocycles. The van der Waals surface area contributed by atoms with E-state index in [2.05, 4.69) is 43.2 Å². The quantitative estimate of drug-likeness (QED) is 0.878. The summed E-state index contributed by atoms with van der Waals surface area (Å²) in [6.45, 7) is 9.95. The van der Waals surface area contributed by atoms with Gasteiger partial charge in [-0.25, -0.2) is 4.98 Å². The molecule has 0 aliphatic carbocycles. The first-order valence-electron chi connectivity index (χ1n) is 7.14. The molecular weight excluding hydrogens is 252 g/mol. The summed E-state index contributed by atoms with van der Waals surface area (Å²) in [7, 11) is 1.73. The normalized spacial score (nSPS) is 13.3. The molecule has 1 aromatic heterocycles. The van der Waals surface area contributed by atoms with Crippen LogP contribution in [0.25, 0.3) is 11.1 Å². The molecule has 4 heteroatoms. The van der Waals surface area contributed by atoms with Crippen molar-refractivity contribution in [1.82, 2.24) is 10.3 Å². The lowest BCUT2D eigenvalue weighted by Gasteiger charge is -2.10. The summed E-state index contributed by atoms with van der Waals surface area (Å²) in [5.74, 6) is 1.12. The number of hydrogen-bond donors (Lipinski definition) is 1. The van der Waals surface area contributed by atoms with E-state index in [4.69, 9.17) is 9.15 Å². The lowest BCUT2D eigenvalue weighted by molar-refractivity contribution is 0.117. The molecule has 0 spiro atoms. The first-order chi connectivity index (χ1) is 9.51. The molecule has 110 valence electrons. The van der Waals surface area contributed by atoms with Gasteiger partial charge in [-0.05, 0) is 31.0 Å². The minimum absolute atomic E-state index is 0.222. The minimum atomic E-state index is 0.222. The predicted molar refractivity (Wildman–Crippen MR) is 81.0 cm³/mol. The number of methoxy groups -OCH3 is 1. The number of nitrogens with one attached hydrogen (secondary N) is 1. The van der Waals surface area contributed by atoms with E-state index in [1.54, 1.807) is 7.11 Å². The van der Waals surface area contributed by atoms with Crippen molar-refractivity contribution in [2.75, 3.05) is 13.7 Å². The van der Waals surface area contributed by atoms with E-state index in [-0.39, 0.29) is 6.10 Å². The van der Waals surface area contributed by atoms with Crippen molar-refractivity contribution in [1.29, 1.82) is 0 Å². The molecule has 0 aliphatic heterocycles. The number of aryl methyl sites for hydroxylation is 1. The van der Waals surface area contributed by atoms with E-state index in [1.165, 1.54) is 5.56 Å². The van der Waals surface area contributed by atoms with Gasteiger partial charge < -0.3 is 14.5 Å². The molecule has 4 nitrogen and oxygen atoms in total. The van der Waals surface area contributed by atoms with Crippen molar-refractivity contribution in [2.24, 2.45) is 0 Å². The molecule has 0 aliphatic rings. The molecular formula is C16H24N2O2. The molecule has 1 aromatic carbocycles. The summed E-state index contributed by atoms with van der Waals surface area (Å²) in [4.78, 5) is 4.57. The number of benzene rings is 1. The van der Waals surface area contributed by atoms with Gasteiger partial charge in [-0.1, -0.05) is 19.9 Å². The average molecular weight is 276 g/mol. The molecule has 1 atom stereocenters. The summed E-state index contributed by atoms with van der Waals surface area (Å²) < 4.78 is 11.0. The largest absolute Gasteiger partial charge is 0.440 e. The molecule has 20 heavy (non-hydrogen) atoms. The topological polar surface area (TPSA) is 47.3 Å². The fraction of sp³-hybridized carbons (Fsp3) is 0.562. The molecule has 2 rings (SSSR count). The van der Waals surface area contributed by atoms with Gasteiger partial charge in [0, 0.05) is 26.1 Å². The highest BCUT2D eigenvalue weighted by molar-refractivity contribution is 5.77. The van der Waals surface area contributed by atoms with E-state index in [0.717, 1.165) is 35.6 Å². The number of aromatic nitrogens is 1. The lowest BCUT2D eigenvalue weighted by atomic mass is 10.1. The molecule has 2 aromatic rings. The summed E-state index contributed by atoms with van der Waals surface area (Å²) in [6, 6.07) is 4.25. The molecule has 0 saturated heterocycles. The van der Waals surface area contributed by atoms with Crippen molar-refractivity contribution >= 4 is 11.1 Å². The molecule has 0 radical (unpaired) electrons. The Morgan fingerprint density at radius 3 is 2.70 bits per heavy atom. The molecule has 1 N–H and O–H groups in total. The van der Waals surface area contributed by atoms with E-state index >= 15 is 0 Å². The van der Waals surface area contributed by atoms with E-state index < -0.39 is 0 Å². The second-order valence-electron chi connectivity index (χ2n) is 5.64. The monoisotopic (exact) mass is 276 g/mol. The summed E-state index contributed by atoms with van der Waals surface area (Å²) >= 11 is 0. The predicted octanol–water partition coefficient (Wildman–Crippen LogP) is 3.38. The molecule has 0 unspecified atom stereocenters. The third-order valence-electron chi connectivity index (χ3n) is 3.41. The zero-order valence-electron chi connectivity index (χ0n) is 13.0. The number of rotatable bonds is 6. The Bertz CT molecular complexity index is 575. The van der Waals surface area contributed by atoms with Gasteiger partial charge in [0.1, 0.15) is 5.52 Å². The van der Waals surface area contributed by atoms with Crippen molar-refractivity contribution in [3.05, 3.63) is 29.2 Å². The highest BCUT2D eigenvalue weighted by Crippen LogP contribution is 2.25. The highest BCUT2D eigenvalue weighted by Gasteiger charge is 2.12. The third-order valence-corrected chi connectivity index (χ3v) is 3.41. The number of oxazole rings is 1. The third kappa shape index (κ3) is 3.38. The number of ether oxygens (including phenoxy) is 1. The fourth-order valence-corrected chi connectivity index (χ4v) is 2.14. The first-order valence-corrected chi connectivity index (χ1v) is 7.14. The van der Waals surface area contributed by atoms with Crippen molar-refractivity contribution in [3.8, 4) is 0 Å². The maximum atomic E-state index is 5.82. The molecule has 0 fully saturated rings. The van der Waals surface area contributed by atoms with Gasteiger partial charge in [-0.2, -0.15) is 0 Å². The Balaban J connectivity index is 2.15. The molecule has 0 bridgehead atoms. The van der Waals surface area contributed by atoms with Gasteiger partial charge >= 0.3 is 0 Å². The maximum absolute atomic E-state index is 5.82. The Labute approximate surface area is 120 Å². The van der Waals surface area contributed by atoms with Gasteiger partial charge in [0.2, 0.25) is 0 Å². The first kappa shape index (κ1) is 15.0. The Morgan fingerprint density at radius 1 is 1.30 bits per heavy atom. The van der Waals surface area contributed by atoms with E-state index in [9.17, 15) is 0 Å². The zero-order valence-corrected chi connectivity index (χ0v) is 13.0. The van der Waals surface area contributed by atoms with Crippen LogP contribution in [0.15, 0.2) is 16.5 Å². The van der Waals surface area contributed by atoms with Crippen LogP contribution in [-0.2, 0) is 11.3 Å². The van der Waals surface area contributed by atoms with Crippen molar-refractivity contribution < 1.29 is 9.15 Å². The van der Waals surface area contributed by atoms with Crippen LogP contribution in [0.2, 0.25) is 0 Å². The fourth-order valence-electron chi connectivity index (χ4n) is 2.14.